The van der Waals surface area contributed by atoms with Gasteiger partial charge in [-0.05, 0) is 57.4 Å². The smallest absolute Gasteiger partial charge is 0.408 e. The molecule has 0 radical (unpaired) electrons. The minimum Gasteiger partial charge on any atom is -0.444 e. The van der Waals surface area contributed by atoms with Crippen LogP contribution < -0.4 is 5.32 Å². The molecule has 1 aromatic heterocycles. The monoisotopic (exact) mass is 455 g/mol. The number of amides is 1. The lowest BCUT2D eigenvalue weighted by molar-refractivity contribution is 0.0419. The molecule has 5 nitrogen and oxygen atoms in total. The average molecular weight is 456 g/mol. The summed E-state index contributed by atoms with van der Waals surface area (Å²) in [6, 6.07) is 13.0. The van der Waals surface area contributed by atoms with Crippen LogP contribution in [0.4, 0.5) is 13.6 Å². The van der Waals surface area contributed by atoms with Crippen LogP contribution in [0.1, 0.15) is 52.9 Å². The summed E-state index contributed by atoms with van der Waals surface area (Å²) in [5, 5.41) is 2.97. The number of carbonyl (C=O) groups is 1. The van der Waals surface area contributed by atoms with E-state index in [1.807, 2.05) is 55.7 Å². The van der Waals surface area contributed by atoms with E-state index < -0.39 is 28.9 Å². The van der Waals surface area contributed by atoms with Gasteiger partial charge in [-0.2, -0.15) is 0 Å². The first-order valence-corrected chi connectivity index (χ1v) is 11.0. The summed E-state index contributed by atoms with van der Waals surface area (Å²) in [5.74, 6) is -0.694. The van der Waals surface area contributed by atoms with E-state index in [2.05, 4.69) is 5.32 Å². The molecule has 0 aliphatic heterocycles. The summed E-state index contributed by atoms with van der Waals surface area (Å²) in [5.41, 5.74) is -0.260. The van der Waals surface area contributed by atoms with Crippen molar-refractivity contribution in [2.45, 2.75) is 59.2 Å². The first kappa shape index (κ1) is 24.4. The van der Waals surface area contributed by atoms with Crippen molar-refractivity contribution in [3.63, 3.8) is 0 Å². The second-order valence-corrected chi connectivity index (χ2v) is 9.67. The third kappa shape index (κ3) is 5.78. The first-order valence-electron chi connectivity index (χ1n) is 11.0. The van der Waals surface area contributed by atoms with Gasteiger partial charge in [0.2, 0.25) is 0 Å². The van der Waals surface area contributed by atoms with Gasteiger partial charge in [-0.25, -0.2) is 18.6 Å². The number of halogens is 2. The zero-order chi connectivity index (χ0) is 24.4. The first-order chi connectivity index (χ1) is 15.4. The maximum Gasteiger partial charge on any atom is 0.408 e. The summed E-state index contributed by atoms with van der Waals surface area (Å²) < 4.78 is 35.8. The van der Waals surface area contributed by atoms with Gasteiger partial charge >= 0.3 is 6.09 Å². The lowest BCUT2D eigenvalue weighted by Crippen LogP contribution is -2.50. The second-order valence-electron chi connectivity index (χ2n) is 9.67. The molecule has 1 amide bonds. The highest BCUT2D eigenvalue weighted by Gasteiger charge is 2.38. The van der Waals surface area contributed by atoms with E-state index in [-0.39, 0.29) is 17.2 Å². The maximum absolute atomic E-state index is 14.6. The predicted molar refractivity (Wildman–Crippen MR) is 125 cm³/mol. The van der Waals surface area contributed by atoms with Crippen LogP contribution >= 0.6 is 0 Å². The molecule has 33 heavy (non-hydrogen) atoms. The number of alkyl carbamates (subject to hydrolysis) is 1. The zero-order valence-electron chi connectivity index (χ0n) is 19.9. The molecule has 0 aliphatic rings. The summed E-state index contributed by atoms with van der Waals surface area (Å²) >= 11 is 0. The van der Waals surface area contributed by atoms with E-state index in [9.17, 15) is 13.6 Å². The van der Waals surface area contributed by atoms with Crippen molar-refractivity contribution >= 4 is 6.09 Å². The van der Waals surface area contributed by atoms with Gasteiger partial charge in [0.25, 0.3) is 0 Å². The van der Waals surface area contributed by atoms with E-state index in [1.165, 1.54) is 0 Å². The highest BCUT2D eigenvalue weighted by atomic mass is 19.1. The van der Waals surface area contributed by atoms with E-state index in [4.69, 9.17) is 9.72 Å². The largest absolute Gasteiger partial charge is 0.444 e. The summed E-state index contributed by atoms with van der Waals surface area (Å²) in [7, 11) is 0. The van der Waals surface area contributed by atoms with Crippen LogP contribution in [0, 0.1) is 17.6 Å². The number of carbonyl (C=O) groups excluding carboxylic acids is 1. The molecule has 0 fully saturated rings. The van der Waals surface area contributed by atoms with E-state index in [1.54, 1.807) is 27.0 Å². The molecule has 1 N–H and O–H groups in total. The summed E-state index contributed by atoms with van der Waals surface area (Å²) in [6.07, 6.45) is 1.11. The van der Waals surface area contributed by atoms with Crippen molar-refractivity contribution in [1.82, 2.24) is 14.9 Å². The number of hydrogen-bond acceptors (Lipinski definition) is 3. The molecule has 1 atom stereocenters. The third-order valence-corrected chi connectivity index (χ3v) is 5.56. The van der Waals surface area contributed by atoms with Crippen LogP contribution in [0.3, 0.4) is 0 Å². The number of rotatable bonds is 6. The predicted octanol–water partition coefficient (Wildman–Crippen LogP) is 6.27. The Morgan fingerprint density at radius 1 is 1.09 bits per heavy atom. The third-order valence-electron chi connectivity index (χ3n) is 5.56. The molecule has 3 aromatic rings. The summed E-state index contributed by atoms with van der Waals surface area (Å²) in [6.45, 7) is 11.6. The number of hydrogen-bond donors (Lipinski definition) is 1. The lowest BCUT2D eigenvalue weighted by atomic mass is 9.87. The number of nitrogens with one attached hydrogen (secondary N) is 1. The number of aromatic nitrogens is 2. The van der Waals surface area contributed by atoms with Gasteiger partial charge in [0.1, 0.15) is 28.6 Å². The molecular formula is C26H31F2N3O2. The molecule has 0 bridgehead atoms. The fourth-order valence-electron chi connectivity index (χ4n) is 3.53. The van der Waals surface area contributed by atoms with E-state index in [0.717, 1.165) is 23.8 Å². The van der Waals surface area contributed by atoms with Gasteiger partial charge in [-0.1, -0.05) is 44.2 Å². The van der Waals surface area contributed by atoms with Crippen LogP contribution in [0.5, 0.6) is 0 Å². The Morgan fingerprint density at radius 3 is 2.36 bits per heavy atom. The molecule has 0 saturated heterocycles. The van der Waals surface area contributed by atoms with Gasteiger partial charge in [0, 0.05) is 18.3 Å². The van der Waals surface area contributed by atoms with Gasteiger partial charge in [-0.3, -0.25) is 0 Å². The van der Waals surface area contributed by atoms with Gasteiger partial charge in [0.15, 0.2) is 0 Å². The second kappa shape index (κ2) is 9.33. The minimum atomic E-state index is -0.945. The normalized spacial score (nSPS) is 13.6. The molecule has 1 heterocycles. The van der Waals surface area contributed by atoms with Crippen molar-refractivity contribution in [1.29, 1.82) is 0 Å². The van der Waals surface area contributed by atoms with E-state index in [0.29, 0.717) is 12.4 Å². The number of nitrogens with zero attached hydrogens (tertiary/aromatic N) is 2. The van der Waals surface area contributed by atoms with Crippen molar-refractivity contribution < 1.29 is 18.3 Å². The molecule has 0 saturated carbocycles. The fraction of sp³-hybridized carbons (Fsp3) is 0.385. The Bertz CT molecular complexity index is 1120. The Kier molecular flexibility index (Phi) is 6.91. The lowest BCUT2D eigenvalue weighted by Gasteiger charge is -2.35. The van der Waals surface area contributed by atoms with Crippen molar-refractivity contribution in [2.75, 3.05) is 0 Å². The molecule has 0 unspecified atom stereocenters. The minimum absolute atomic E-state index is 0.0615. The molecule has 0 spiro atoms. The fourth-order valence-corrected chi connectivity index (χ4v) is 3.53. The number of benzene rings is 2. The zero-order valence-corrected chi connectivity index (χ0v) is 19.9. The van der Waals surface area contributed by atoms with Crippen molar-refractivity contribution in [2.24, 2.45) is 5.92 Å². The number of ether oxygens (including phenoxy) is 1. The van der Waals surface area contributed by atoms with Crippen LogP contribution in [0.15, 0.2) is 54.7 Å². The van der Waals surface area contributed by atoms with Crippen LogP contribution in [0.2, 0.25) is 0 Å². The molecule has 2 aromatic carbocycles. The van der Waals surface area contributed by atoms with Crippen LogP contribution in [0.25, 0.3) is 11.3 Å². The van der Waals surface area contributed by atoms with Gasteiger partial charge in [-0.15, -0.1) is 0 Å². The molecule has 0 aliphatic carbocycles. The molecule has 176 valence electrons. The van der Waals surface area contributed by atoms with Crippen molar-refractivity contribution in [3.05, 3.63) is 77.8 Å². The van der Waals surface area contributed by atoms with Gasteiger partial charge in [0.05, 0.1) is 5.69 Å². The Balaban J connectivity index is 2.12. The van der Waals surface area contributed by atoms with Crippen LogP contribution in [-0.2, 0) is 16.8 Å². The molecule has 7 heteroatoms. The quantitative estimate of drug-likeness (QED) is 0.476. The Hall–Kier alpha value is -3.22. The number of imidazole rings is 1. The Labute approximate surface area is 193 Å². The summed E-state index contributed by atoms with van der Waals surface area (Å²) in [4.78, 5) is 17.4. The highest BCUT2D eigenvalue weighted by Crippen LogP contribution is 2.33. The average Bonchev–Trinajstić information content (AvgIpc) is 3.13. The molecule has 3 rings (SSSR count). The SMILES string of the molecule is CC(C)[C@@](C)(NC(=O)OC(C)(C)C)c1nc(-c2cc(F)ccc2F)cn1Cc1ccccc1. The topological polar surface area (TPSA) is 56.1 Å². The standard InChI is InChI=1S/C26H31F2N3O2/c1-17(2)26(6,30-24(32)33-25(3,4)5)23-29-22(20-14-19(27)12-13-21(20)28)16-31(23)15-18-10-8-7-9-11-18/h7-14,16-17H,15H2,1-6H3,(H,30,32)/t26-/m1/s1. The molecular weight excluding hydrogens is 424 g/mol. The highest BCUT2D eigenvalue weighted by molar-refractivity contribution is 5.69. The van der Waals surface area contributed by atoms with Gasteiger partial charge < -0.3 is 14.6 Å². The van der Waals surface area contributed by atoms with E-state index >= 15 is 0 Å². The maximum atomic E-state index is 14.6. The Morgan fingerprint density at radius 2 is 1.76 bits per heavy atom. The van der Waals surface area contributed by atoms with Crippen molar-refractivity contribution in [3.8, 4) is 11.3 Å². The van der Waals surface area contributed by atoms with Crippen LogP contribution in [-0.4, -0.2) is 21.2 Å².